The Bertz CT molecular complexity index is 1440. The Labute approximate surface area is 191 Å². The molecular weight excluding hydrogens is 412 g/mol. The molecule has 0 aliphatic carbocycles. The summed E-state index contributed by atoms with van der Waals surface area (Å²) in [6.07, 6.45) is 11.5. The zero-order valence-electron chi connectivity index (χ0n) is 18.8. The molecule has 0 amide bonds. The molecule has 5 aromatic rings. The number of H-pyrrole nitrogens is 1. The maximum absolute atomic E-state index is 4.87. The van der Waals surface area contributed by atoms with Gasteiger partial charge in [-0.25, -0.2) is 15.0 Å². The first-order chi connectivity index (χ1) is 16.1. The van der Waals surface area contributed by atoms with Crippen molar-refractivity contribution in [1.29, 1.82) is 0 Å². The molecule has 5 heterocycles. The minimum absolute atomic E-state index is 0.0699. The average Bonchev–Trinajstić information content (AvgIpc) is 3.59. The number of nitrogens with one attached hydrogen (secondary N) is 1. The Morgan fingerprint density at radius 2 is 1.97 bits per heavy atom. The van der Waals surface area contributed by atoms with Gasteiger partial charge in [-0.3, -0.25) is 9.67 Å². The van der Waals surface area contributed by atoms with E-state index < -0.39 is 0 Å². The van der Waals surface area contributed by atoms with Crippen LogP contribution < -0.4 is 4.90 Å². The van der Waals surface area contributed by atoms with Crippen molar-refractivity contribution in [2.24, 2.45) is 5.41 Å². The van der Waals surface area contributed by atoms with E-state index in [1.54, 1.807) is 6.33 Å². The molecule has 1 saturated heterocycles. The fraction of sp³-hybridized carbons (Fsp3) is 0.320. The summed E-state index contributed by atoms with van der Waals surface area (Å²) in [6, 6.07) is 10.3. The van der Waals surface area contributed by atoms with Gasteiger partial charge in [-0.05, 0) is 31.0 Å². The Balaban J connectivity index is 1.28. The van der Waals surface area contributed by atoms with E-state index in [2.05, 4.69) is 49.6 Å². The highest BCUT2D eigenvalue weighted by molar-refractivity contribution is 5.90. The van der Waals surface area contributed by atoms with Crippen LogP contribution in [0, 0.1) is 5.41 Å². The molecule has 2 atom stereocenters. The maximum Gasteiger partial charge on any atom is 0.147 e. The van der Waals surface area contributed by atoms with Crippen molar-refractivity contribution in [2.75, 3.05) is 18.0 Å². The van der Waals surface area contributed by atoms with Gasteiger partial charge in [0.25, 0.3) is 0 Å². The summed E-state index contributed by atoms with van der Waals surface area (Å²) in [6.45, 7) is 6.49. The molecular formula is C25H26N8. The van der Waals surface area contributed by atoms with Gasteiger partial charge in [-0.15, -0.1) is 0 Å². The van der Waals surface area contributed by atoms with E-state index in [-0.39, 0.29) is 11.5 Å². The smallest absolute Gasteiger partial charge is 0.147 e. The Kier molecular flexibility index (Phi) is 4.60. The molecule has 0 bridgehead atoms. The highest BCUT2D eigenvalue weighted by Crippen LogP contribution is 2.43. The second kappa shape index (κ2) is 7.65. The van der Waals surface area contributed by atoms with E-state index in [0.29, 0.717) is 0 Å². The van der Waals surface area contributed by atoms with Gasteiger partial charge in [-0.2, -0.15) is 5.10 Å². The molecule has 0 radical (unpaired) electrons. The molecule has 0 spiro atoms. The largest absolute Gasteiger partial charge is 0.355 e. The van der Waals surface area contributed by atoms with Crippen LogP contribution >= 0.6 is 0 Å². The summed E-state index contributed by atoms with van der Waals surface area (Å²) in [5.74, 6) is 0.948. The summed E-state index contributed by atoms with van der Waals surface area (Å²) >= 11 is 0. The van der Waals surface area contributed by atoms with Crippen LogP contribution in [0.5, 0.6) is 0 Å². The van der Waals surface area contributed by atoms with E-state index in [4.69, 9.17) is 10.1 Å². The lowest BCUT2D eigenvalue weighted by molar-refractivity contribution is 0.196. The van der Waals surface area contributed by atoms with Crippen molar-refractivity contribution in [3.05, 3.63) is 61.4 Å². The first-order valence-corrected chi connectivity index (χ1v) is 11.4. The molecule has 2 unspecified atom stereocenters. The standard InChI is InChI=1S/C25H26N8/c1-3-21(33-14-17(12-30-33)23-18-8-10-26-24(18)29-16-28-23)25(2)9-11-32(15-25)22-13-27-19-6-4-5-7-20(19)31-22/h4-8,10,12-14,16,21H,3,9,11,15H2,1-2H3,(H,26,28,29). The number of benzene rings is 1. The normalized spacial score (nSPS) is 19.5. The van der Waals surface area contributed by atoms with Crippen LogP contribution in [0.4, 0.5) is 5.82 Å². The Morgan fingerprint density at radius 1 is 1.09 bits per heavy atom. The van der Waals surface area contributed by atoms with Crippen LogP contribution in [0.3, 0.4) is 0 Å². The molecule has 1 fully saturated rings. The van der Waals surface area contributed by atoms with E-state index in [0.717, 1.165) is 65.1 Å². The van der Waals surface area contributed by atoms with E-state index in [1.165, 1.54) is 0 Å². The topological polar surface area (TPSA) is 88.4 Å². The minimum atomic E-state index is 0.0699. The molecule has 1 aromatic carbocycles. The Hall–Kier alpha value is -3.81. The predicted octanol–water partition coefficient (Wildman–Crippen LogP) is 4.63. The van der Waals surface area contributed by atoms with Crippen LogP contribution in [-0.4, -0.2) is 47.8 Å². The molecule has 8 heteroatoms. The number of hydrogen-bond donors (Lipinski definition) is 1. The number of rotatable bonds is 5. The lowest BCUT2D eigenvalue weighted by Gasteiger charge is -2.34. The van der Waals surface area contributed by atoms with E-state index in [9.17, 15) is 0 Å². The first kappa shape index (κ1) is 19.8. The predicted molar refractivity (Wildman–Crippen MR) is 129 cm³/mol. The van der Waals surface area contributed by atoms with Crippen LogP contribution in [0.2, 0.25) is 0 Å². The van der Waals surface area contributed by atoms with Gasteiger partial charge in [0.2, 0.25) is 0 Å². The highest BCUT2D eigenvalue weighted by atomic mass is 15.3. The molecule has 166 valence electrons. The van der Waals surface area contributed by atoms with Crippen LogP contribution in [0.1, 0.15) is 32.7 Å². The average molecular weight is 439 g/mol. The number of para-hydroxylation sites is 2. The lowest BCUT2D eigenvalue weighted by Crippen LogP contribution is -2.33. The monoisotopic (exact) mass is 438 g/mol. The van der Waals surface area contributed by atoms with Gasteiger partial charge >= 0.3 is 0 Å². The molecule has 0 saturated carbocycles. The van der Waals surface area contributed by atoms with Gasteiger partial charge < -0.3 is 9.88 Å². The number of fused-ring (bicyclic) bond motifs is 2. The summed E-state index contributed by atoms with van der Waals surface area (Å²) in [4.78, 5) is 23.8. The van der Waals surface area contributed by atoms with Crippen molar-refractivity contribution in [3.8, 4) is 11.3 Å². The fourth-order valence-corrected chi connectivity index (χ4v) is 5.28. The summed E-state index contributed by atoms with van der Waals surface area (Å²) in [7, 11) is 0. The summed E-state index contributed by atoms with van der Waals surface area (Å²) < 4.78 is 2.13. The zero-order valence-corrected chi connectivity index (χ0v) is 18.8. The molecule has 1 N–H and O–H groups in total. The third kappa shape index (κ3) is 3.33. The van der Waals surface area contributed by atoms with Crippen molar-refractivity contribution < 1.29 is 0 Å². The molecule has 8 nitrogen and oxygen atoms in total. The quantitative estimate of drug-likeness (QED) is 0.430. The molecule has 1 aliphatic heterocycles. The van der Waals surface area contributed by atoms with Crippen LogP contribution in [0.25, 0.3) is 33.3 Å². The summed E-state index contributed by atoms with van der Waals surface area (Å²) in [5.41, 5.74) is 4.70. The Morgan fingerprint density at radius 3 is 2.85 bits per heavy atom. The molecule has 1 aliphatic rings. The zero-order chi connectivity index (χ0) is 22.4. The van der Waals surface area contributed by atoms with Crippen LogP contribution in [-0.2, 0) is 0 Å². The minimum Gasteiger partial charge on any atom is -0.355 e. The van der Waals surface area contributed by atoms with Crippen molar-refractivity contribution in [1.82, 2.24) is 34.7 Å². The fourth-order valence-electron chi connectivity index (χ4n) is 5.28. The van der Waals surface area contributed by atoms with E-state index >= 15 is 0 Å². The van der Waals surface area contributed by atoms with Crippen molar-refractivity contribution >= 4 is 27.9 Å². The number of nitrogens with zero attached hydrogens (tertiary/aromatic N) is 7. The first-order valence-electron chi connectivity index (χ1n) is 11.4. The van der Waals surface area contributed by atoms with Gasteiger partial charge in [0.15, 0.2) is 0 Å². The third-order valence-corrected chi connectivity index (χ3v) is 7.00. The second-order valence-corrected chi connectivity index (χ2v) is 9.14. The SMILES string of the molecule is CCC(n1cc(-c2ncnc3[nH]ccc23)cn1)C1(C)CCN(c2cnc3ccccc3n2)C1. The van der Waals surface area contributed by atoms with E-state index in [1.807, 2.05) is 48.9 Å². The van der Waals surface area contributed by atoms with Crippen molar-refractivity contribution in [3.63, 3.8) is 0 Å². The molecule has 6 rings (SSSR count). The van der Waals surface area contributed by atoms with Crippen LogP contribution in [0.15, 0.2) is 61.4 Å². The lowest BCUT2D eigenvalue weighted by atomic mass is 9.80. The van der Waals surface area contributed by atoms with Gasteiger partial charge in [0, 0.05) is 41.8 Å². The van der Waals surface area contributed by atoms with Crippen molar-refractivity contribution in [2.45, 2.75) is 32.7 Å². The van der Waals surface area contributed by atoms with Gasteiger partial charge in [-0.1, -0.05) is 26.0 Å². The van der Waals surface area contributed by atoms with Gasteiger partial charge in [0.05, 0.1) is 35.2 Å². The number of aromatic amines is 1. The molecule has 33 heavy (non-hydrogen) atoms. The third-order valence-electron chi connectivity index (χ3n) is 7.00. The number of aromatic nitrogens is 7. The number of hydrogen-bond acceptors (Lipinski definition) is 6. The van der Waals surface area contributed by atoms with Gasteiger partial charge in [0.1, 0.15) is 17.8 Å². The second-order valence-electron chi connectivity index (χ2n) is 9.14. The highest BCUT2D eigenvalue weighted by Gasteiger charge is 2.41. The number of anilines is 1. The molecule has 4 aromatic heterocycles. The maximum atomic E-state index is 4.87. The summed E-state index contributed by atoms with van der Waals surface area (Å²) in [5, 5.41) is 5.80.